The zero-order valence-corrected chi connectivity index (χ0v) is 18.5. The minimum absolute atomic E-state index is 0.0807. The first-order valence-corrected chi connectivity index (χ1v) is 11.1. The van der Waals surface area contributed by atoms with E-state index in [0.29, 0.717) is 61.3 Å². The van der Waals surface area contributed by atoms with Crippen LogP contribution in [0.5, 0.6) is 0 Å². The Kier molecular flexibility index (Phi) is 5.43. The van der Waals surface area contributed by atoms with E-state index in [1.807, 2.05) is 31.2 Å². The molecule has 1 atom stereocenters. The number of furan rings is 1. The van der Waals surface area contributed by atoms with E-state index in [4.69, 9.17) is 21.0 Å². The number of nitrogens with zero attached hydrogens (tertiary/aromatic N) is 4. The lowest BCUT2D eigenvalue weighted by Crippen LogP contribution is -2.49. The number of carbonyl (C=O) groups excluding carboxylic acids is 2. The molecular formula is C24H23ClN4O3. The van der Waals surface area contributed by atoms with Gasteiger partial charge in [-0.1, -0.05) is 23.7 Å². The third-order valence-electron chi connectivity index (χ3n) is 6.23. The van der Waals surface area contributed by atoms with Crippen molar-refractivity contribution >= 4 is 29.2 Å². The quantitative estimate of drug-likeness (QED) is 0.602. The minimum Gasteiger partial charge on any atom is -0.459 e. The Morgan fingerprint density at radius 3 is 2.50 bits per heavy atom. The summed E-state index contributed by atoms with van der Waals surface area (Å²) in [6, 6.07) is 11.1. The number of aromatic nitrogens is 2. The fourth-order valence-electron chi connectivity index (χ4n) is 4.54. The largest absolute Gasteiger partial charge is 0.459 e. The molecular weight excluding hydrogens is 428 g/mol. The normalized spacial score (nSPS) is 18.6. The maximum absolute atomic E-state index is 12.9. The molecule has 0 unspecified atom stereocenters. The number of rotatable bonds is 3. The summed E-state index contributed by atoms with van der Waals surface area (Å²) in [7, 11) is 0. The fraction of sp³-hybridized carbons (Fsp3) is 0.333. The van der Waals surface area contributed by atoms with Crippen LogP contribution in [0.4, 0.5) is 5.95 Å². The van der Waals surface area contributed by atoms with Gasteiger partial charge in [-0.05, 0) is 49.1 Å². The Hall–Kier alpha value is -3.19. The number of hydrogen-bond acceptors (Lipinski definition) is 6. The van der Waals surface area contributed by atoms with Crippen LogP contribution in [0.1, 0.15) is 50.2 Å². The van der Waals surface area contributed by atoms with Crippen LogP contribution in [-0.4, -0.2) is 52.7 Å². The first-order valence-electron chi connectivity index (χ1n) is 10.7. The standard InChI is InChI=1S/C24H23ClN4O3/c1-15-22-19(13-17(14-20(22)30)16-4-6-18(25)7-5-16)27-24(26-15)29-10-8-28(9-11-29)23(31)21-3-2-12-32-21/h2-7,12,17H,8-11,13-14H2,1H3/t17-/m0/s1. The monoisotopic (exact) mass is 450 g/mol. The van der Waals surface area contributed by atoms with E-state index >= 15 is 0 Å². The average molecular weight is 451 g/mol. The van der Waals surface area contributed by atoms with Crippen LogP contribution in [0.3, 0.4) is 0 Å². The predicted molar refractivity (Wildman–Crippen MR) is 120 cm³/mol. The van der Waals surface area contributed by atoms with Gasteiger partial charge in [0.15, 0.2) is 11.5 Å². The van der Waals surface area contributed by atoms with Crippen molar-refractivity contribution in [3.63, 3.8) is 0 Å². The summed E-state index contributed by atoms with van der Waals surface area (Å²) in [5.41, 5.74) is 3.28. The number of amides is 1. The molecule has 32 heavy (non-hydrogen) atoms. The lowest BCUT2D eigenvalue weighted by Gasteiger charge is -2.35. The van der Waals surface area contributed by atoms with Crippen LogP contribution >= 0.6 is 11.6 Å². The summed E-state index contributed by atoms with van der Waals surface area (Å²) in [6.07, 6.45) is 2.65. The highest BCUT2D eigenvalue weighted by molar-refractivity contribution is 6.30. The molecule has 8 heteroatoms. The van der Waals surface area contributed by atoms with Gasteiger partial charge in [0.25, 0.3) is 5.91 Å². The van der Waals surface area contributed by atoms with Gasteiger partial charge in [-0.3, -0.25) is 9.59 Å². The van der Waals surface area contributed by atoms with Gasteiger partial charge in [0.05, 0.1) is 23.2 Å². The third-order valence-corrected chi connectivity index (χ3v) is 6.48. The highest BCUT2D eigenvalue weighted by atomic mass is 35.5. The number of halogens is 1. The van der Waals surface area contributed by atoms with Crippen molar-refractivity contribution in [2.24, 2.45) is 0 Å². The van der Waals surface area contributed by atoms with Gasteiger partial charge < -0.3 is 14.2 Å². The minimum atomic E-state index is -0.103. The van der Waals surface area contributed by atoms with E-state index in [-0.39, 0.29) is 17.6 Å². The van der Waals surface area contributed by atoms with Gasteiger partial charge in [-0.15, -0.1) is 0 Å². The SMILES string of the molecule is Cc1nc(N2CCN(C(=O)c3ccco3)CC2)nc2c1C(=O)C[C@@H](c1ccc(Cl)cc1)C2. The lowest BCUT2D eigenvalue weighted by molar-refractivity contribution is 0.0713. The molecule has 0 radical (unpaired) electrons. The highest BCUT2D eigenvalue weighted by Crippen LogP contribution is 2.34. The topological polar surface area (TPSA) is 79.5 Å². The molecule has 0 N–H and O–H groups in total. The third kappa shape index (κ3) is 3.88. The van der Waals surface area contributed by atoms with Crippen LogP contribution in [0.15, 0.2) is 47.1 Å². The molecule has 1 fully saturated rings. The molecule has 1 saturated heterocycles. The maximum Gasteiger partial charge on any atom is 0.289 e. The Bertz CT molecular complexity index is 1150. The van der Waals surface area contributed by atoms with Gasteiger partial charge in [-0.2, -0.15) is 0 Å². The second-order valence-corrected chi connectivity index (χ2v) is 8.70. The van der Waals surface area contributed by atoms with Crippen LogP contribution < -0.4 is 4.90 Å². The molecule has 1 aliphatic heterocycles. The van der Waals surface area contributed by atoms with Crippen molar-refractivity contribution in [3.05, 3.63) is 76.0 Å². The van der Waals surface area contributed by atoms with Crippen molar-refractivity contribution in [2.75, 3.05) is 31.1 Å². The van der Waals surface area contributed by atoms with Gasteiger partial charge >= 0.3 is 0 Å². The summed E-state index contributed by atoms with van der Waals surface area (Å²) in [6.45, 7) is 4.25. The van der Waals surface area contributed by atoms with E-state index in [9.17, 15) is 9.59 Å². The number of benzene rings is 1. The molecule has 2 aliphatic rings. The second-order valence-electron chi connectivity index (χ2n) is 8.27. The number of fused-ring (bicyclic) bond motifs is 1. The molecule has 3 aromatic rings. The summed E-state index contributed by atoms with van der Waals surface area (Å²) < 4.78 is 5.23. The van der Waals surface area contributed by atoms with Crippen molar-refractivity contribution in [2.45, 2.75) is 25.7 Å². The zero-order chi connectivity index (χ0) is 22.2. The molecule has 0 bridgehead atoms. The van der Waals surface area contributed by atoms with Crippen molar-refractivity contribution < 1.29 is 14.0 Å². The van der Waals surface area contributed by atoms with E-state index in [1.165, 1.54) is 6.26 Å². The van der Waals surface area contributed by atoms with E-state index in [1.54, 1.807) is 17.0 Å². The Labute approximate surface area is 191 Å². The van der Waals surface area contributed by atoms with Gasteiger partial charge in [0.1, 0.15) is 0 Å². The van der Waals surface area contributed by atoms with Crippen LogP contribution in [0.25, 0.3) is 0 Å². The van der Waals surface area contributed by atoms with E-state index < -0.39 is 0 Å². The number of carbonyl (C=O) groups is 2. The number of aryl methyl sites for hydroxylation is 1. The van der Waals surface area contributed by atoms with Crippen LogP contribution in [-0.2, 0) is 6.42 Å². The number of ketones is 1. The average Bonchev–Trinajstić information content (AvgIpc) is 3.33. The van der Waals surface area contributed by atoms with Crippen molar-refractivity contribution in [1.82, 2.24) is 14.9 Å². The molecule has 0 saturated carbocycles. The predicted octanol–water partition coefficient (Wildman–Crippen LogP) is 3.91. The zero-order valence-electron chi connectivity index (χ0n) is 17.8. The van der Waals surface area contributed by atoms with E-state index in [0.717, 1.165) is 17.0 Å². The first kappa shape index (κ1) is 20.7. The fourth-order valence-corrected chi connectivity index (χ4v) is 4.66. The van der Waals surface area contributed by atoms with Gasteiger partial charge in [0, 0.05) is 37.6 Å². The highest BCUT2D eigenvalue weighted by Gasteiger charge is 2.31. The smallest absolute Gasteiger partial charge is 0.289 e. The Morgan fingerprint density at radius 1 is 1.06 bits per heavy atom. The molecule has 1 aromatic carbocycles. The number of anilines is 1. The molecule has 1 amide bonds. The summed E-state index contributed by atoms with van der Waals surface area (Å²) in [4.78, 5) is 38.7. The lowest BCUT2D eigenvalue weighted by atomic mass is 9.81. The Balaban J connectivity index is 1.34. The molecule has 164 valence electrons. The van der Waals surface area contributed by atoms with E-state index in [2.05, 4.69) is 9.88 Å². The van der Waals surface area contributed by atoms with Crippen LogP contribution in [0.2, 0.25) is 5.02 Å². The molecule has 3 heterocycles. The summed E-state index contributed by atoms with van der Waals surface area (Å²) in [5.74, 6) is 1.04. The van der Waals surface area contributed by atoms with Crippen molar-refractivity contribution in [3.8, 4) is 0 Å². The van der Waals surface area contributed by atoms with Gasteiger partial charge in [0.2, 0.25) is 5.95 Å². The molecule has 0 spiro atoms. The molecule has 7 nitrogen and oxygen atoms in total. The molecule has 5 rings (SSSR count). The number of Topliss-reactive ketones (excluding diaryl/α,β-unsaturated/α-hetero) is 1. The first-order chi connectivity index (χ1) is 15.5. The molecule has 1 aliphatic carbocycles. The number of hydrogen-bond donors (Lipinski definition) is 0. The summed E-state index contributed by atoms with van der Waals surface area (Å²) in [5, 5.41) is 0.682. The second kappa shape index (κ2) is 8.39. The maximum atomic E-state index is 12.9. The van der Waals surface area contributed by atoms with Gasteiger partial charge in [-0.25, -0.2) is 9.97 Å². The van der Waals surface area contributed by atoms with Crippen molar-refractivity contribution in [1.29, 1.82) is 0 Å². The van der Waals surface area contributed by atoms with Crippen LogP contribution in [0, 0.1) is 6.92 Å². The molecule has 2 aromatic heterocycles. The summed E-state index contributed by atoms with van der Waals surface area (Å²) >= 11 is 6.02. The Morgan fingerprint density at radius 2 is 1.81 bits per heavy atom. The number of piperazine rings is 1.